The number of Topliss-reactive ketones (excluding diaryl/α,β-unsaturated/α-hetero) is 2. The van der Waals surface area contributed by atoms with Crippen LogP contribution >= 0.6 is 0 Å². The Balaban J connectivity index is 1.96. The van der Waals surface area contributed by atoms with Gasteiger partial charge in [0.1, 0.15) is 0 Å². The van der Waals surface area contributed by atoms with E-state index in [0.717, 1.165) is 0 Å². The highest BCUT2D eigenvalue weighted by Gasteiger charge is 2.48. The molecule has 2 aliphatic rings. The second-order valence-corrected chi connectivity index (χ2v) is 4.69. The van der Waals surface area contributed by atoms with Crippen LogP contribution < -0.4 is 0 Å². The van der Waals surface area contributed by atoms with Crippen LogP contribution in [0.15, 0.2) is 24.3 Å². The van der Waals surface area contributed by atoms with E-state index in [4.69, 9.17) is 0 Å². The number of carbonyl (C=O) groups excluding carboxylic acids is 4. The Labute approximate surface area is 108 Å². The predicted octanol–water partition coefficient (Wildman–Crippen LogP) is 1.16. The fourth-order valence-electron chi connectivity index (χ4n) is 2.67. The fraction of sp³-hybridized carbons (Fsp3) is 0.286. The average molecular weight is 258 g/mol. The van der Waals surface area contributed by atoms with E-state index < -0.39 is 23.8 Å². The molecule has 0 N–H and O–H groups in total. The second-order valence-electron chi connectivity index (χ2n) is 4.69. The molecule has 1 aliphatic heterocycles. The van der Waals surface area contributed by atoms with Crippen LogP contribution in [0.4, 0.5) is 0 Å². The highest BCUT2D eigenvalue weighted by molar-refractivity contribution is 6.27. The van der Waals surface area contributed by atoms with Crippen molar-refractivity contribution in [2.24, 2.45) is 11.8 Å². The van der Waals surface area contributed by atoms with Crippen molar-refractivity contribution in [3.05, 3.63) is 35.4 Å². The van der Waals surface area contributed by atoms with Crippen molar-refractivity contribution in [2.45, 2.75) is 12.8 Å². The lowest BCUT2D eigenvalue weighted by atomic mass is 9.83. The predicted molar refractivity (Wildman–Crippen MR) is 62.4 cm³/mol. The van der Waals surface area contributed by atoms with E-state index in [9.17, 15) is 19.2 Å². The Morgan fingerprint density at radius 1 is 0.947 bits per heavy atom. The molecule has 1 unspecified atom stereocenters. The Morgan fingerprint density at radius 2 is 1.53 bits per heavy atom. The van der Waals surface area contributed by atoms with Crippen molar-refractivity contribution in [3.63, 3.8) is 0 Å². The molecular formula is C14H10O5. The summed E-state index contributed by atoms with van der Waals surface area (Å²) in [5, 5.41) is 0. The van der Waals surface area contributed by atoms with Gasteiger partial charge in [-0.2, -0.15) is 0 Å². The molecule has 1 fully saturated rings. The summed E-state index contributed by atoms with van der Waals surface area (Å²) in [6.07, 6.45) is 0.248. The third-order valence-corrected chi connectivity index (χ3v) is 3.60. The van der Waals surface area contributed by atoms with E-state index in [1.165, 1.54) is 0 Å². The van der Waals surface area contributed by atoms with Crippen LogP contribution in [-0.4, -0.2) is 23.5 Å². The van der Waals surface area contributed by atoms with E-state index in [1.807, 2.05) is 0 Å². The molecule has 1 atom stereocenters. The Kier molecular flexibility index (Phi) is 2.55. The van der Waals surface area contributed by atoms with Crippen molar-refractivity contribution in [2.75, 3.05) is 0 Å². The van der Waals surface area contributed by atoms with Gasteiger partial charge in [0.05, 0.1) is 11.8 Å². The zero-order valence-corrected chi connectivity index (χ0v) is 9.92. The number of rotatable bonds is 1. The maximum atomic E-state index is 12.2. The van der Waals surface area contributed by atoms with E-state index in [0.29, 0.717) is 11.1 Å². The van der Waals surface area contributed by atoms with Crippen LogP contribution in [0.25, 0.3) is 0 Å². The fourth-order valence-corrected chi connectivity index (χ4v) is 2.67. The Hall–Kier alpha value is -2.30. The van der Waals surface area contributed by atoms with Crippen molar-refractivity contribution in [3.8, 4) is 0 Å². The van der Waals surface area contributed by atoms with Crippen molar-refractivity contribution >= 4 is 23.5 Å². The number of carbonyl (C=O) groups is 4. The number of ether oxygens (including phenoxy) is 1. The lowest BCUT2D eigenvalue weighted by molar-refractivity contribution is -0.168. The molecule has 1 aromatic rings. The molecule has 0 spiro atoms. The molecule has 1 aromatic carbocycles. The van der Waals surface area contributed by atoms with Gasteiger partial charge in [0.2, 0.25) is 0 Å². The smallest absolute Gasteiger partial charge is 0.317 e. The highest BCUT2D eigenvalue weighted by Crippen LogP contribution is 2.35. The zero-order valence-electron chi connectivity index (χ0n) is 9.92. The summed E-state index contributed by atoms with van der Waals surface area (Å²) >= 11 is 0. The van der Waals surface area contributed by atoms with Crippen LogP contribution in [0.3, 0.4) is 0 Å². The Bertz CT molecular complexity index is 581. The third kappa shape index (κ3) is 1.69. The van der Waals surface area contributed by atoms with Crippen LogP contribution in [0.1, 0.15) is 33.6 Å². The molecule has 1 saturated heterocycles. The van der Waals surface area contributed by atoms with Crippen LogP contribution in [0.5, 0.6) is 0 Å². The maximum absolute atomic E-state index is 12.2. The number of cyclic esters (lactones) is 2. The minimum absolute atomic E-state index is 0.0593. The maximum Gasteiger partial charge on any atom is 0.317 e. The van der Waals surface area contributed by atoms with Crippen molar-refractivity contribution < 1.29 is 23.9 Å². The van der Waals surface area contributed by atoms with Gasteiger partial charge >= 0.3 is 11.9 Å². The van der Waals surface area contributed by atoms with Gasteiger partial charge in [-0.25, -0.2) is 0 Å². The highest BCUT2D eigenvalue weighted by atomic mass is 16.6. The molecule has 0 radical (unpaired) electrons. The molecule has 1 aliphatic carbocycles. The van der Waals surface area contributed by atoms with Gasteiger partial charge in [-0.15, -0.1) is 0 Å². The first-order chi connectivity index (χ1) is 9.09. The van der Waals surface area contributed by atoms with Gasteiger partial charge in [0.15, 0.2) is 11.6 Å². The minimum Gasteiger partial charge on any atom is -0.393 e. The monoisotopic (exact) mass is 258 g/mol. The van der Waals surface area contributed by atoms with Gasteiger partial charge in [-0.05, 0) is 6.42 Å². The molecule has 5 nitrogen and oxygen atoms in total. The first-order valence-electron chi connectivity index (χ1n) is 6.01. The largest absolute Gasteiger partial charge is 0.393 e. The normalized spacial score (nSPS) is 23.5. The summed E-state index contributed by atoms with van der Waals surface area (Å²) in [5.41, 5.74) is 0.699. The SMILES string of the molecule is O=C1CCC(C2C(=O)c3ccccc3C2=O)C(=O)O1. The van der Waals surface area contributed by atoms with E-state index in [1.54, 1.807) is 24.3 Å². The Morgan fingerprint density at radius 3 is 2.05 bits per heavy atom. The van der Waals surface area contributed by atoms with Gasteiger partial charge in [-0.1, -0.05) is 24.3 Å². The molecule has 0 aromatic heterocycles. The van der Waals surface area contributed by atoms with E-state index >= 15 is 0 Å². The average Bonchev–Trinajstić information content (AvgIpc) is 2.64. The summed E-state index contributed by atoms with van der Waals surface area (Å²) in [5.74, 6) is -3.94. The molecule has 5 heteroatoms. The van der Waals surface area contributed by atoms with Gasteiger partial charge in [0.25, 0.3) is 0 Å². The summed E-state index contributed by atoms with van der Waals surface area (Å²) in [6, 6.07) is 6.51. The van der Waals surface area contributed by atoms with Crippen molar-refractivity contribution in [1.29, 1.82) is 0 Å². The molecular weight excluding hydrogens is 248 g/mol. The molecule has 19 heavy (non-hydrogen) atoms. The topological polar surface area (TPSA) is 77.5 Å². The van der Waals surface area contributed by atoms with Gasteiger partial charge in [0, 0.05) is 17.5 Å². The summed E-state index contributed by atoms with van der Waals surface area (Å²) in [4.78, 5) is 47.1. The number of hydrogen-bond donors (Lipinski definition) is 0. The van der Waals surface area contributed by atoms with Crippen molar-refractivity contribution in [1.82, 2.24) is 0 Å². The van der Waals surface area contributed by atoms with Gasteiger partial charge in [-0.3, -0.25) is 19.2 Å². The van der Waals surface area contributed by atoms with E-state index in [2.05, 4.69) is 4.74 Å². The van der Waals surface area contributed by atoms with Crippen LogP contribution in [-0.2, 0) is 14.3 Å². The number of hydrogen-bond acceptors (Lipinski definition) is 5. The van der Waals surface area contributed by atoms with Crippen LogP contribution in [0.2, 0.25) is 0 Å². The quantitative estimate of drug-likeness (QED) is 0.558. The van der Waals surface area contributed by atoms with E-state index in [-0.39, 0.29) is 24.4 Å². The number of ketones is 2. The molecule has 96 valence electrons. The molecule has 0 bridgehead atoms. The summed E-state index contributed by atoms with van der Waals surface area (Å²) in [7, 11) is 0. The second kappa shape index (κ2) is 4.12. The van der Waals surface area contributed by atoms with Crippen LogP contribution in [0, 0.1) is 11.8 Å². The molecule has 3 rings (SSSR count). The molecule has 0 saturated carbocycles. The minimum atomic E-state index is -1.03. The number of fused-ring (bicyclic) bond motifs is 1. The lowest BCUT2D eigenvalue weighted by Gasteiger charge is -2.22. The number of esters is 2. The number of benzene rings is 1. The summed E-state index contributed by atoms with van der Waals surface area (Å²) < 4.78 is 4.52. The molecule has 0 amide bonds. The first kappa shape index (κ1) is 11.8. The first-order valence-corrected chi connectivity index (χ1v) is 6.01. The van der Waals surface area contributed by atoms with Gasteiger partial charge < -0.3 is 4.74 Å². The zero-order chi connectivity index (χ0) is 13.6. The molecule has 1 heterocycles. The summed E-state index contributed by atoms with van der Waals surface area (Å²) in [6.45, 7) is 0. The third-order valence-electron chi connectivity index (χ3n) is 3.60. The standard InChI is InChI=1S/C14H10O5/c15-10-6-5-9(14(18)19-10)11-12(16)7-3-1-2-4-8(7)13(11)17/h1-4,9,11H,5-6H2. The lowest BCUT2D eigenvalue weighted by Crippen LogP contribution is -2.37.